The molecule has 2 aliphatic rings. The van der Waals surface area contributed by atoms with Crippen molar-refractivity contribution >= 4 is 11.6 Å². The zero-order chi connectivity index (χ0) is 24.6. The van der Waals surface area contributed by atoms with Crippen molar-refractivity contribution in [3.05, 3.63) is 102 Å². The standard InChI is InChI=1S/C30H29N3O3/c1-18(2)26-30-33-27(20-9-5-3-6-10-20)28(36-30)25-22-17-19(14-16-24(34)32-26)13-15-23(22)35-29(25)31-21-11-7-4-8-12-21/h3-13,15,17-18,25-26,29,31H,14,16H2,1-2H3,(H,32,34). The highest BCUT2D eigenvalue weighted by atomic mass is 16.5. The second-order valence-corrected chi connectivity index (χ2v) is 9.82. The third-order valence-electron chi connectivity index (χ3n) is 6.94. The number of hydrogen-bond donors (Lipinski definition) is 2. The summed E-state index contributed by atoms with van der Waals surface area (Å²) in [5, 5.41) is 6.74. The molecule has 3 heterocycles. The molecule has 2 aliphatic heterocycles. The van der Waals surface area contributed by atoms with Gasteiger partial charge in [-0.25, -0.2) is 4.98 Å². The number of amides is 1. The van der Waals surface area contributed by atoms with Crippen LogP contribution in [0.2, 0.25) is 0 Å². The lowest BCUT2D eigenvalue weighted by Crippen LogP contribution is -2.32. The molecule has 3 atom stereocenters. The van der Waals surface area contributed by atoms with Gasteiger partial charge in [0.2, 0.25) is 11.8 Å². The van der Waals surface area contributed by atoms with Gasteiger partial charge in [0.05, 0.1) is 0 Å². The zero-order valence-electron chi connectivity index (χ0n) is 20.4. The first-order valence-electron chi connectivity index (χ1n) is 12.5. The number of oxazole rings is 1. The lowest BCUT2D eigenvalue weighted by molar-refractivity contribution is -0.122. The highest BCUT2D eigenvalue weighted by Crippen LogP contribution is 2.47. The maximum atomic E-state index is 12.9. The Bertz CT molecular complexity index is 1380. The summed E-state index contributed by atoms with van der Waals surface area (Å²) in [5.41, 5.74) is 4.85. The second kappa shape index (κ2) is 9.19. The number of aromatic nitrogens is 1. The van der Waals surface area contributed by atoms with Crippen LogP contribution in [0.25, 0.3) is 11.3 Å². The van der Waals surface area contributed by atoms with Gasteiger partial charge in [0, 0.05) is 23.2 Å². The van der Waals surface area contributed by atoms with Gasteiger partial charge in [0.1, 0.15) is 29.2 Å². The van der Waals surface area contributed by atoms with Gasteiger partial charge in [-0.15, -0.1) is 0 Å². The Balaban J connectivity index is 1.55. The van der Waals surface area contributed by atoms with E-state index >= 15 is 0 Å². The van der Waals surface area contributed by atoms with Crippen molar-refractivity contribution in [3.63, 3.8) is 0 Å². The minimum atomic E-state index is -0.379. The van der Waals surface area contributed by atoms with Gasteiger partial charge in [-0.05, 0) is 36.1 Å². The zero-order valence-corrected chi connectivity index (χ0v) is 20.4. The van der Waals surface area contributed by atoms with E-state index < -0.39 is 0 Å². The molecule has 4 bridgehead atoms. The second-order valence-electron chi connectivity index (χ2n) is 9.82. The molecule has 182 valence electrons. The number of para-hydroxylation sites is 1. The van der Waals surface area contributed by atoms with E-state index in [1.54, 1.807) is 0 Å². The average Bonchev–Trinajstić information content (AvgIpc) is 3.47. The minimum Gasteiger partial charge on any atom is -0.469 e. The molecule has 4 aromatic rings. The molecule has 1 aromatic heterocycles. The van der Waals surface area contributed by atoms with Gasteiger partial charge >= 0.3 is 0 Å². The van der Waals surface area contributed by atoms with Crippen LogP contribution in [0.4, 0.5) is 5.69 Å². The lowest BCUT2D eigenvalue weighted by atomic mass is 9.91. The molecule has 0 fully saturated rings. The summed E-state index contributed by atoms with van der Waals surface area (Å²) in [6.45, 7) is 4.14. The number of carbonyl (C=O) groups is 1. The molecule has 0 saturated heterocycles. The van der Waals surface area contributed by atoms with Crippen LogP contribution in [0.15, 0.2) is 83.3 Å². The maximum Gasteiger partial charge on any atom is 0.220 e. The third kappa shape index (κ3) is 4.13. The number of hydrogen-bond acceptors (Lipinski definition) is 5. The predicted molar refractivity (Wildman–Crippen MR) is 139 cm³/mol. The number of rotatable bonds is 4. The van der Waals surface area contributed by atoms with Crippen LogP contribution in [-0.2, 0) is 11.2 Å². The van der Waals surface area contributed by atoms with Crippen LogP contribution in [-0.4, -0.2) is 17.1 Å². The van der Waals surface area contributed by atoms with E-state index in [9.17, 15) is 4.79 Å². The van der Waals surface area contributed by atoms with Gasteiger partial charge in [0.15, 0.2) is 6.23 Å². The average molecular weight is 480 g/mol. The van der Waals surface area contributed by atoms with Crippen LogP contribution in [0, 0.1) is 5.92 Å². The van der Waals surface area contributed by atoms with E-state index in [-0.39, 0.29) is 30.0 Å². The van der Waals surface area contributed by atoms with E-state index in [0.29, 0.717) is 18.7 Å². The smallest absolute Gasteiger partial charge is 0.220 e. The Morgan fingerprint density at radius 1 is 0.972 bits per heavy atom. The Labute approximate surface area is 210 Å². The summed E-state index contributed by atoms with van der Waals surface area (Å²) in [4.78, 5) is 17.9. The van der Waals surface area contributed by atoms with Gasteiger partial charge in [0.25, 0.3) is 0 Å². The number of nitrogens with zero attached hydrogens (tertiary/aromatic N) is 1. The molecule has 3 unspecified atom stereocenters. The highest BCUT2D eigenvalue weighted by Gasteiger charge is 2.41. The first-order valence-corrected chi connectivity index (χ1v) is 12.5. The fourth-order valence-corrected chi connectivity index (χ4v) is 5.07. The Hall–Kier alpha value is -4.06. The molecule has 1 amide bonds. The Morgan fingerprint density at radius 2 is 1.72 bits per heavy atom. The normalized spacial score (nSPS) is 20.8. The van der Waals surface area contributed by atoms with E-state index in [2.05, 4.69) is 30.5 Å². The molecular weight excluding hydrogens is 450 g/mol. The van der Waals surface area contributed by atoms with Crippen LogP contribution in [0.1, 0.15) is 55.0 Å². The Morgan fingerprint density at radius 3 is 2.47 bits per heavy atom. The van der Waals surface area contributed by atoms with Crippen molar-refractivity contribution < 1.29 is 13.9 Å². The molecular formula is C30H29N3O3. The van der Waals surface area contributed by atoms with Crippen LogP contribution in [0.3, 0.4) is 0 Å². The SMILES string of the molecule is CC(C)C1NC(=O)CCc2ccc3c(c2)C(c2oc1nc2-c1ccccc1)C(Nc1ccccc1)O3. The molecule has 0 radical (unpaired) electrons. The number of ether oxygens (including phenoxy) is 1. The Kier molecular flexibility index (Phi) is 5.72. The van der Waals surface area contributed by atoms with Crippen LogP contribution in [0.5, 0.6) is 5.75 Å². The molecule has 6 heteroatoms. The van der Waals surface area contributed by atoms with Gasteiger partial charge in [-0.2, -0.15) is 0 Å². The van der Waals surface area contributed by atoms with E-state index in [0.717, 1.165) is 39.6 Å². The third-order valence-corrected chi connectivity index (χ3v) is 6.94. The first kappa shape index (κ1) is 22.4. The largest absolute Gasteiger partial charge is 0.469 e. The fraction of sp³-hybridized carbons (Fsp3) is 0.267. The summed E-state index contributed by atoms with van der Waals surface area (Å²) in [7, 11) is 0. The van der Waals surface area contributed by atoms with Crippen molar-refractivity contribution in [3.8, 4) is 17.0 Å². The fourth-order valence-electron chi connectivity index (χ4n) is 5.07. The van der Waals surface area contributed by atoms with Crippen LogP contribution >= 0.6 is 0 Å². The summed E-state index contributed by atoms with van der Waals surface area (Å²) in [5.74, 6) is 1.96. The number of carbonyl (C=O) groups excluding carboxylic acids is 1. The monoisotopic (exact) mass is 479 g/mol. The molecule has 0 saturated carbocycles. The quantitative estimate of drug-likeness (QED) is 0.372. The molecule has 3 aromatic carbocycles. The number of benzene rings is 3. The number of fused-ring (bicyclic) bond motifs is 4. The van der Waals surface area contributed by atoms with Crippen molar-refractivity contribution in [1.29, 1.82) is 0 Å². The van der Waals surface area contributed by atoms with Crippen molar-refractivity contribution in [2.24, 2.45) is 5.92 Å². The summed E-state index contributed by atoms with van der Waals surface area (Å²) in [6, 6.07) is 26.0. The molecule has 0 aliphatic carbocycles. The van der Waals surface area contributed by atoms with E-state index in [4.69, 9.17) is 14.1 Å². The minimum absolute atomic E-state index is 0.00722. The molecule has 2 N–H and O–H groups in total. The number of nitrogens with one attached hydrogen (secondary N) is 2. The van der Waals surface area contributed by atoms with Crippen LogP contribution < -0.4 is 15.4 Å². The molecule has 6 nitrogen and oxygen atoms in total. The summed E-state index contributed by atoms with van der Waals surface area (Å²) >= 11 is 0. The van der Waals surface area contributed by atoms with E-state index in [1.807, 2.05) is 72.8 Å². The summed E-state index contributed by atoms with van der Waals surface area (Å²) in [6.07, 6.45) is 0.680. The van der Waals surface area contributed by atoms with Crippen molar-refractivity contribution in [2.75, 3.05) is 5.32 Å². The number of anilines is 1. The molecule has 6 rings (SSSR count). The predicted octanol–water partition coefficient (Wildman–Crippen LogP) is 6.06. The highest BCUT2D eigenvalue weighted by molar-refractivity contribution is 5.77. The van der Waals surface area contributed by atoms with Gasteiger partial charge in [-0.1, -0.05) is 74.5 Å². The van der Waals surface area contributed by atoms with E-state index in [1.165, 1.54) is 0 Å². The number of aryl methyl sites for hydroxylation is 1. The topological polar surface area (TPSA) is 76.4 Å². The maximum absolute atomic E-state index is 12.9. The summed E-state index contributed by atoms with van der Waals surface area (Å²) < 4.78 is 13.1. The lowest BCUT2D eigenvalue weighted by Gasteiger charge is -2.22. The van der Waals surface area contributed by atoms with Gasteiger partial charge < -0.3 is 19.8 Å². The molecule has 0 spiro atoms. The first-order chi connectivity index (χ1) is 17.6. The van der Waals surface area contributed by atoms with Crippen molar-refractivity contribution in [2.45, 2.75) is 44.9 Å². The molecule has 36 heavy (non-hydrogen) atoms. The van der Waals surface area contributed by atoms with Crippen molar-refractivity contribution in [1.82, 2.24) is 10.3 Å². The van der Waals surface area contributed by atoms with Gasteiger partial charge in [-0.3, -0.25) is 4.79 Å².